The Morgan fingerprint density at radius 3 is 2.61 bits per heavy atom. The molecule has 2 N–H and O–H groups in total. The number of nitrogens with two attached hydrogens (primary N) is 1. The molecule has 3 heteroatoms. The molecular formula is C15H20N2O. The molecule has 0 spiro atoms. The van der Waals surface area contributed by atoms with Gasteiger partial charge in [-0.1, -0.05) is 17.7 Å². The van der Waals surface area contributed by atoms with Gasteiger partial charge in [-0.25, -0.2) is 0 Å². The van der Waals surface area contributed by atoms with E-state index < -0.39 is 0 Å². The standard InChI is InChI=1S/C15H20N2O/c1-10-3-4-11(2)13(7-10)14(18)17-8-15(16,9-17)12-5-6-12/h3-4,7,12H,5-6,8-9,16H2,1-2H3. The minimum Gasteiger partial charge on any atom is -0.335 e. The molecule has 0 bridgehead atoms. The molecule has 0 radical (unpaired) electrons. The molecule has 2 aliphatic rings. The van der Waals surface area contributed by atoms with Gasteiger partial charge in [0, 0.05) is 18.7 Å². The molecule has 0 aromatic heterocycles. The van der Waals surface area contributed by atoms with Crippen molar-refractivity contribution in [2.24, 2.45) is 11.7 Å². The summed E-state index contributed by atoms with van der Waals surface area (Å²) in [6.07, 6.45) is 2.48. The van der Waals surface area contributed by atoms with Gasteiger partial charge in [0.1, 0.15) is 0 Å². The highest BCUT2D eigenvalue weighted by molar-refractivity contribution is 5.96. The number of benzene rings is 1. The van der Waals surface area contributed by atoms with Crippen LogP contribution in [0.15, 0.2) is 18.2 Å². The Kier molecular flexibility index (Phi) is 2.49. The van der Waals surface area contributed by atoms with E-state index in [0.29, 0.717) is 5.92 Å². The lowest BCUT2D eigenvalue weighted by Crippen LogP contribution is -2.69. The molecule has 1 aliphatic heterocycles. The van der Waals surface area contributed by atoms with Gasteiger partial charge in [0.25, 0.3) is 5.91 Å². The third-order valence-electron chi connectivity index (χ3n) is 4.27. The van der Waals surface area contributed by atoms with Crippen LogP contribution in [0.1, 0.15) is 34.3 Å². The summed E-state index contributed by atoms with van der Waals surface area (Å²) >= 11 is 0. The monoisotopic (exact) mass is 244 g/mol. The Balaban J connectivity index is 1.74. The number of nitrogens with zero attached hydrogens (tertiary/aromatic N) is 1. The zero-order valence-corrected chi connectivity index (χ0v) is 11.1. The lowest BCUT2D eigenvalue weighted by atomic mass is 9.85. The van der Waals surface area contributed by atoms with Gasteiger partial charge >= 0.3 is 0 Å². The smallest absolute Gasteiger partial charge is 0.254 e. The van der Waals surface area contributed by atoms with Crippen LogP contribution in [0.4, 0.5) is 0 Å². The molecular weight excluding hydrogens is 224 g/mol. The molecule has 2 fully saturated rings. The Labute approximate surface area is 108 Å². The van der Waals surface area contributed by atoms with Gasteiger partial charge in [0.2, 0.25) is 0 Å². The molecule has 1 aromatic carbocycles. The fourth-order valence-corrected chi connectivity index (χ4v) is 2.86. The van der Waals surface area contributed by atoms with Crippen LogP contribution in [-0.4, -0.2) is 29.4 Å². The van der Waals surface area contributed by atoms with Gasteiger partial charge in [-0.05, 0) is 44.2 Å². The van der Waals surface area contributed by atoms with E-state index in [2.05, 4.69) is 0 Å². The highest BCUT2D eigenvalue weighted by Crippen LogP contribution is 2.43. The van der Waals surface area contributed by atoms with Crippen LogP contribution in [0.2, 0.25) is 0 Å². The van der Waals surface area contributed by atoms with Crippen LogP contribution in [0.25, 0.3) is 0 Å². The Hall–Kier alpha value is -1.35. The number of likely N-dealkylation sites (tertiary alicyclic amines) is 1. The maximum absolute atomic E-state index is 12.4. The summed E-state index contributed by atoms with van der Waals surface area (Å²) in [4.78, 5) is 14.3. The van der Waals surface area contributed by atoms with Crippen LogP contribution >= 0.6 is 0 Å². The van der Waals surface area contributed by atoms with E-state index in [0.717, 1.165) is 29.8 Å². The highest BCUT2D eigenvalue weighted by atomic mass is 16.2. The van der Waals surface area contributed by atoms with E-state index >= 15 is 0 Å². The average Bonchev–Trinajstić information content (AvgIpc) is 3.11. The van der Waals surface area contributed by atoms with Crippen molar-refractivity contribution in [2.45, 2.75) is 32.2 Å². The molecule has 1 saturated carbocycles. The first-order valence-corrected chi connectivity index (χ1v) is 6.65. The van der Waals surface area contributed by atoms with Gasteiger partial charge in [-0.2, -0.15) is 0 Å². The predicted octanol–water partition coefficient (Wildman–Crippen LogP) is 1.87. The predicted molar refractivity (Wildman–Crippen MR) is 71.5 cm³/mol. The minimum absolute atomic E-state index is 0.0899. The maximum Gasteiger partial charge on any atom is 0.254 e. The number of carbonyl (C=O) groups is 1. The molecule has 1 amide bonds. The van der Waals surface area contributed by atoms with Crippen molar-refractivity contribution in [3.05, 3.63) is 34.9 Å². The fraction of sp³-hybridized carbons (Fsp3) is 0.533. The zero-order chi connectivity index (χ0) is 12.9. The maximum atomic E-state index is 12.4. The van der Waals surface area contributed by atoms with Gasteiger partial charge < -0.3 is 10.6 Å². The molecule has 96 valence electrons. The second-order valence-electron chi connectivity index (χ2n) is 5.99. The highest BCUT2D eigenvalue weighted by Gasteiger charge is 2.51. The van der Waals surface area contributed by atoms with E-state index in [1.807, 2.05) is 36.9 Å². The molecule has 1 aliphatic carbocycles. The fourth-order valence-electron chi connectivity index (χ4n) is 2.86. The lowest BCUT2D eigenvalue weighted by Gasteiger charge is -2.48. The summed E-state index contributed by atoms with van der Waals surface area (Å²) in [6, 6.07) is 6.03. The average molecular weight is 244 g/mol. The topological polar surface area (TPSA) is 46.3 Å². The van der Waals surface area contributed by atoms with Crippen molar-refractivity contribution in [1.82, 2.24) is 4.90 Å². The molecule has 3 rings (SSSR count). The van der Waals surface area contributed by atoms with Crippen LogP contribution in [0.5, 0.6) is 0 Å². The second-order valence-corrected chi connectivity index (χ2v) is 5.99. The first-order valence-electron chi connectivity index (χ1n) is 6.65. The van der Waals surface area contributed by atoms with Crippen LogP contribution in [-0.2, 0) is 0 Å². The van der Waals surface area contributed by atoms with Crippen molar-refractivity contribution >= 4 is 5.91 Å². The molecule has 18 heavy (non-hydrogen) atoms. The van der Waals surface area contributed by atoms with E-state index in [-0.39, 0.29) is 11.4 Å². The van der Waals surface area contributed by atoms with Crippen LogP contribution in [0.3, 0.4) is 0 Å². The minimum atomic E-state index is -0.0899. The summed E-state index contributed by atoms with van der Waals surface area (Å²) in [5.74, 6) is 0.790. The Bertz CT molecular complexity index is 499. The van der Waals surface area contributed by atoms with Crippen molar-refractivity contribution in [3.63, 3.8) is 0 Å². The Morgan fingerprint density at radius 1 is 1.33 bits per heavy atom. The summed E-state index contributed by atoms with van der Waals surface area (Å²) in [7, 11) is 0. The number of carbonyl (C=O) groups excluding carboxylic acids is 1. The number of hydrogen-bond donors (Lipinski definition) is 1. The van der Waals surface area contributed by atoms with E-state index in [9.17, 15) is 4.79 Å². The van der Waals surface area contributed by atoms with E-state index in [4.69, 9.17) is 5.73 Å². The van der Waals surface area contributed by atoms with Gasteiger partial charge in [0.15, 0.2) is 0 Å². The van der Waals surface area contributed by atoms with Crippen LogP contribution in [0, 0.1) is 19.8 Å². The summed E-state index contributed by atoms with van der Waals surface area (Å²) in [5.41, 5.74) is 9.20. The number of amides is 1. The van der Waals surface area contributed by atoms with Gasteiger partial charge in [-0.3, -0.25) is 4.79 Å². The van der Waals surface area contributed by atoms with Crippen molar-refractivity contribution < 1.29 is 4.79 Å². The first kappa shape index (κ1) is 11.7. The van der Waals surface area contributed by atoms with Gasteiger partial charge in [0.05, 0.1) is 5.54 Å². The number of aryl methyl sites for hydroxylation is 2. The summed E-state index contributed by atoms with van der Waals surface area (Å²) in [6.45, 7) is 5.46. The second kappa shape index (κ2) is 3.82. The normalized spacial score (nSPS) is 21.6. The summed E-state index contributed by atoms with van der Waals surface area (Å²) in [5, 5.41) is 0. The number of hydrogen-bond acceptors (Lipinski definition) is 2. The quantitative estimate of drug-likeness (QED) is 0.863. The molecule has 1 heterocycles. The summed E-state index contributed by atoms with van der Waals surface area (Å²) < 4.78 is 0. The molecule has 1 saturated heterocycles. The van der Waals surface area contributed by atoms with Crippen molar-refractivity contribution in [3.8, 4) is 0 Å². The third-order valence-corrected chi connectivity index (χ3v) is 4.27. The van der Waals surface area contributed by atoms with Crippen molar-refractivity contribution in [2.75, 3.05) is 13.1 Å². The third kappa shape index (κ3) is 1.83. The molecule has 3 nitrogen and oxygen atoms in total. The van der Waals surface area contributed by atoms with Crippen molar-refractivity contribution in [1.29, 1.82) is 0 Å². The molecule has 0 atom stereocenters. The number of rotatable bonds is 2. The SMILES string of the molecule is Cc1ccc(C)c(C(=O)N2CC(N)(C3CC3)C2)c1. The first-order chi connectivity index (χ1) is 8.49. The zero-order valence-electron chi connectivity index (χ0n) is 11.1. The largest absolute Gasteiger partial charge is 0.335 e. The Morgan fingerprint density at radius 2 is 2.00 bits per heavy atom. The molecule has 0 unspecified atom stereocenters. The van der Waals surface area contributed by atoms with E-state index in [1.54, 1.807) is 0 Å². The molecule has 1 aromatic rings. The van der Waals surface area contributed by atoms with Crippen LogP contribution < -0.4 is 5.73 Å². The lowest BCUT2D eigenvalue weighted by molar-refractivity contribution is 0.0350. The van der Waals surface area contributed by atoms with E-state index in [1.165, 1.54) is 12.8 Å². The van der Waals surface area contributed by atoms with Gasteiger partial charge in [-0.15, -0.1) is 0 Å².